The van der Waals surface area contributed by atoms with Gasteiger partial charge in [0.05, 0.1) is 18.8 Å². The number of methoxy groups -OCH3 is 1. The molecular weight excluding hydrogens is 384 g/mol. The molecule has 30 heavy (non-hydrogen) atoms. The Morgan fingerprint density at radius 3 is 2.40 bits per heavy atom. The highest BCUT2D eigenvalue weighted by Crippen LogP contribution is 2.20. The van der Waals surface area contributed by atoms with E-state index in [0.717, 1.165) is 17.0 Å². The fourth-order valence-electron chi connectivity index (χ4n) is 2.96. The Labute approximate surface area is 174 Å². The molecule has 0 saturated carbocycles. The normalized spacial score (nSPS) is 11.7. The van der Waals surface area contributed by atoms with E-state index in [9.17, 15) is 9.59 Å². The van der Waals surface area contributed by atoms with Crippen LogP contribution in [0.2, 0.25) is 0 Å². The van der Waals surface area contributed by atoms with Gasteiger partial charge in [0.2, 0.25) is 0 Å². The van der Waals surface area contributed by atoms with Crippen LogP contribution in [0.3, 0.4) is 0 Å². The second-order valence-corrected chi connectivity index (χ2v) is 6.84. The number of nitrogens with one attached hydrogen (secondary N) is 2. The molecule has 0 bridgehead atoms. The number of amides is 2. The number of aromatic nitrogens is 3. The molecular formula is C21H24N6O3. The van der Waals surface area contributed by atoms with E-state index in [1.165, 1.54) is 0 Å². The van der Waals surface area contributed by atoms with E-state index in [-0.39, 0.29) is 12.6 Å². The van der Waals surface area contributed by atoms with Crippen molar-refractivity contribution in [2.75, 3.05) is 33.1 Å². The van der Waals surface area contributed by atoms with Crippen LogP contribution in [0.1, 0.15) is 11.6 Å². The quantitative estimate of drug-likeness (QED) is 0.577. The smallest absolute Gasteiger partial charge is 0.313 e. The van der Waals surface area contributed by atoms with Gasteiger partial charge in [-0.2, -0.15) is 0 Å². The molecule has 156 valence electrons. The standard InChI is InChI=1S/C21H24N6O3/c1-26(2)19(15-7-9-18(30-3)10-8-15)12-22-20(28)21(29)25-16-5-4-6-17(11-16)27-13-23-24-14-27/h4-11,13-14,19H,12H2,1-3H3,(H,22,28)(H,25,29)/t19-/m1/s1. The number of hydrogen-bond acceptors (Lipinski definition) is 6. The number of nitrogens with zero attached hydrogens (tertiary/aromatic N) is 4. The van der Waals surface area contributed by atoms with Crippen LogP contribution in [-0.4, -0.2) is 59.2 Å². The molecule has 0 aliphatic heterocycles. The number of benzene rings is 2. The predicted molar refractivity (Wildman–Crippen MR) is 112 cm³/mol. The number of rotatable bonds is 7. The first-order valence-electron chi connectivity index (χ1n) is 9.32. The zero-order valence-electron chi connectivity index (χ0n) is 17.1. The summed E-state index contributed by atoms with van der Waals surface area (Å²) in [6, 6.07) is 14.6. The van der Waals surface area contributed by atoms with Crippen molar-refractivity contribution >= 4 is 17.5 Å². The van der Waals surface area contributed by atoms with Crippen LogP contribution in [0.25, 0.3) is 5.69 Å². The highest BCUT2D eigenvalue weighted by atomic mass is 16.5. The third-order valence-corrected chi connectivity index (χ3v) is 4.61. The minimum absolute atomic E-state index is 0.0928. The lowest BCUT2D eigenvalue weighted by Gasteiger charge is -2.25. The van der Waals surface area contributed by atoms with Crippen LogP contribution in [0.5, 0.6) is 5.75 Å². The van der Waals surface area contributed by atoms with Crippen LogP contribution in [0.4, 0.5) is 5.69 Å². The average molecular weight is 408 g/mol. The van der Waals surface area contributed by atoms with Gasteiger partial charge in [0.15, 0.2) is 0 Å². The highest BCUT2D eigenvalue weighted by molar-refractivity contribution is 6.39. The molecule has 1 heterocycles. The Kier molecular flexibility index (Phi) is 6.76. The van der Waals surface area contributed by atoms with Crippen LogP contribution < -0.4 is 15.4 Å². The number of anilines is 1. The maximum Gasteiger partial charge on any atom is 0.313 e. The molecule has 2 aromatic carbocycles. The van der Waals surface area contributed by atoms with Crippen LogP contribution in [0.15, 0.2) is 61.2 Å². The van der Waals surface area contributed by atoms with Gasteiger partial charge in [-0.05, 0) is 50.0 Å². The Bertz CT molecular complexity index is 986. The lowest BCUT2D eigenvalue weighted by atomic mass is 10.1. The lowest BCUT2D eigenvalue weighted by molar-refractivity contribution is -0.136. The van der Waals surface area contributed by atoms with Gasteiger partial charge < -0.3 is 20.3 Å². The van der Waals surface area contributed by atoms with Gasteiger partial charge >= 0.3 is 11.8 Å². The predicted octanol–water partition coefficient (Wildman–Crippen LogP) is 1.63. The lowest BCUT2D eigenvalue weighted by Crippen LogP contribution is -2.40. The van der Waals surface area contributed by atoms with E-state index in [4.69, 9.17) is 4.74 Å². The van der Waals surface area contributed by atoms with Crippen molar-refractivity contribution in [3.8, 4) is 11.4 Å². The molecule has 3 rings (SSSR count). The Balaban J connectivity index is 1.60. The molecule has 0 unspecified atom stereocenters. The van der Waals surface area contributed by atoms with Crippen molar-refractivity contribution in [2.24, 2.45) is 0 Å². The van der Waals surface area contributed by atoms with Crippen molar-refractivity contribution in [1.82, 2.24) is 25.0 Å². The van der Waals surface area contributed by atoms with Gasteiger partial charge in [-0.3, -0.25) is 14.2 Å². The molecule has 2 amide bonds. The third-order valence-electron chi connectivity index (χ3n) is 4.61. The number of carbonyl (C=O) groups excluding carboxylic acids is 2. The molecule has 0 aliphatic carbocycles. The molecule has 1 atom stereocenters. The maximum atomic E-state index is 12.3. The van der Waals surface area contributed by atoms with Gasteiger partial charge in [0.25, 0.3) is 0 Å². The fraction of sp³-hybridized carbons (Fsp3) is 0.238. The van der Waals surface area contributed by atoms with Crippen molar-refractivity contribution in [3.05, 3.63) is 66.7 Å². The summed E-state index contributed by atoms with van der Waals surface area (Å²) in [6.45, 7) is 0.284. The summed E-state index contributed by atoms with van der Waals surface area (Å²) in [5.41, 5.74) is 2.27. The molecule has 0 spiro atoms. The van der Waals surface area contributed by atoms with E-state index in [1.807, 2.05) is 49.3 Å². The largest absolute Gasteiger partial charge is 0.497 e. The number of hydrogen-bond donors (Lipinski definition) is 2. The molecule has 1 aromatic heterocycles. The van der Waals surface area contributed by atoms with Gasteiger partial charge in [-0.15, -0.1) is 10.2 Å². The van der Waals surface area contributed by atoms with Crippen molar-refractivity contribution in [1.29, 1.82) is 0 Å². The second-order valence-electron chi connectivity index (χ2n) is 6.84. The summed E-state index contributed by atoms with van der Waals surface area (Å²) in [5.74, 6) is -0.679. The summed E-state index contributed by atoms with van der Waals surface area (Å²) in [5, 5.41) is 12.8. The number of carbonyl (C=O) groups is 2. The highest BCUT2D eigenvalue weighted by Gasteiger charge is 2.19. The molecule has 0 radical (unpaired) electrons. The van der Waals surface area contributed by atoms with E-state index < -0.39 is 11.8 Å². The van der Waals surface area contributed by atoms with Crippen LogP contribution in [0, 0.1) is 0 Å². The van der Waals surface area contributed by atoms with Gasteiger partial charge in [0, 0.05) is 12.2 Å². The summed E-state index contributed by atoms with van der Waals surface area (Å²) in [6.07, 6.45) is 3.10. The Morgan fingerprint density at radius 1 is 1.07 bits per heavy atom. The van der Waals surface area contributed by atoms with Crippen molar-refractivity contribution in [2.45, 2.75) is 6.04 Å². The summed E-state index contributed by atoms with van der Waals surface area (Å²) in [4.78, 5) is 26.6. The molecule has 2 N–H and O–H groups in total. The van der Waals surface area contributed by atoms with Gasteiger partial charge in [-0.25, -0.2) is 0 Å². The molecule has 0 aliphatic rings. The molecule has 3 aromatic rings. The monoisotopic (exact) mass is 408 g/mol. The Hall–Kier alpha value is -3.72. The average Bonchev–Trinajstić information content (AvgIpc) is 3.29. The topological polar surface area (TPSA) is 101 Å². The molecule has 0 fully saturated rings. The minimum Gasteiger partial charge on any atom is -0.497 e. The summed E-state index contributed by atoms with van der Waals surface area (Å²) in [7, 11) is 5.44. The van der Waals surface area contributed by atoms with E-state index in [0.29, 0.717) is 5.69 Å². The first-order chi connectivity index (χ1) is 14.5. The van der Waals surface area contributed by atoms with Crippen molar-refractivity contribution in [3.63, 3.8) is 0 Å². The summed E-state index contributed by atoms with van der Waals surface area (Å²) < 4.78 is 6.88. The zero-order valence-corrected chi connectivity index (χ0v) is 17.1. The minimum atomic E-state index is -0.733. The number of likely N-dealkylation sites (N-methyl/N-ethyl adjacent to an activating group) is 1. The molecule has 9 nitrogen and oxygen atoms in total. The first-order valence-corrected chi connectivity index (χ1v) is 9.32. The van der Waals surface area contributed by atoms with Gasteiger partial charge in [-0.1, -0.05) is 18.2 Å². The SMILES string of the molecule is COc1ccc([C@@H](CNC(=O)C(=O)Nc2cccc(-n3cnnc3)c2)N(C)C)cc1. The maximum absolute atomic E-state index is 12.3. The van der Waals surface area contributed by atoms with Gasteiger partial charge in [0.1, 0.15) is 18.4 Å². The second kappa shape index (κ2) is 9.66. The zero-order chi connectivity index (χ0) is 21.5. The van der Waals surface area contributed by atoms with E-state index in [2.05, 4.69) is 20.8 Å². The van der Waals surface area contributed by atoms with E-state index >= 15 is 0 Å². The molecule has 0 saturated heterocycles. The molecule has 9 heteroatoms. The van der Waals surface area contributed by atoms with E-state index in [1.54, 1.807) is 42.5 Å². The fourth-order valence-corrected chi connectivity index (χ4v) is 2.96. The summed E-state index contributed by atoms with van der Waals surface area (Å²) >= 11 is 0. The third kappa shape index (κ3) is 5.21. The van der Waals surface area contributed by atoms with Crippen molar-refractivity contribution < 1.29 is 14.3 Å². The number of ether oxygens (including phenoxy) is 1. The first kappa shape index (κ1) is 21.0. The van der Waals surface area contributed by atoms with Crippen LogP contribution in [-0.2, 0) is 9.59 Å². The Morgan fingerprint density at radius 2 is 1.77 bits per heavy atom. The van der Waals surface area contributed by atoms with Crippen LogP contribution >= 0.6 is 0 Å².